The highest BCUT2D eigenvalue weighted by Crippen LogP contribution is 2.17. The summed E-state index contributed by atoms with van der Waals surface area (Å²) in [5, 5.41) is 3.50. The van der Waals surface area contributed by atoms with Crippen LogP contribution in [0, 0.1) is 5.92 Å². The summed E-state index contributed by atoms with van der Waals surface area (Å²) in [6, 6.07) is 9.76. The summed E-state index contributed by atoms with van der Waals surface area (Å²) in [5.41, 5.74) is 1.00. The van der Waals surface area contributed by atoms with E-state index < -0.39 is 0 Å². The Bertz CT molecular complexity index is 561. The highest BCUT2D eigenvalue weighted by Gasteiger charge is 2.25. The number of ether oxygens (including phenoxy) is 2. The van der Waals surface area contributed by atoms with Crippen molar-refractivity contribution in [3.05, 3.63) is 48.0 Å². The van der Waals surface area contributed by atoms with Crippen LogP contribution in [0.3, 0.4) is 0 Å². The Morgan fingerprint density at radius 3 is 2.92 bits per heavy atom. The summed E-state index contributed by atoms with van der Waals surface area (Å²) in [7, 11) is 0. The first-order valence-electron chi connectivity index (χ1n) is 9.24. The van der Waals surface area contributed by atoms with E-state index >= 15 is 0 Å². The molecule has 1 aliphatic carbocycles. The zero-order valence-electron chi connectivity index (χ0n) is 14.7. The third-order valence-corrected chi connectivity index (χ3v) is 4.78. The number of benzene rings is 1. The number of allylic oxidation sites excluding steroid dienone is 2. The first-order chi connectivity index (χ1) is 12.3. The van der Waals surface area contributed by atoms with E-state index in [1.807, 2.05) is 30.3 Å². The van der Waals surface area contributed by atoms with Gasteiger partial charge in [0.1, 0.15) is 6.61 Å². The van der Waals surface area contributed by atoms with Gasteiger partial charge in [-0.1, -0.05) is 42.5 Å². The molecule has 3 rings (SSSR count). The van der Waals surface area contributed by atoms with Crippen LogP contribution in [-0.4, -0.2) is 49.9 Å². The van der Waals surface area contributed by atoms with Gasteiger partial charge in [0.15, 0.2) is 0 Å². The van der Waals surface area contributed by atoms with Crippen molar-refractivity contribution in [2.24, 2.45) is 5.92 Å². The van der Waals surface area contributed by atoms with Crippen molar-refractivity contribution in [2.45, 2.75) is 32.0 Å². The largest absolute Gasteiger partial charge is 0.445 e. The number of nitrogens with one attached hydrogen (secondary N) is 1. The van der Waals surface area contributed by atoms with Crippen LogP contribution >= 0.6 is 0 Å². The minimum Gasteiger partial charge on any atom is -0.445 e. The van der Waals surface area contributed by atoms with Crippen LogP contribution in [0.2, 0.25) is 0 Å². The van der Waals surface area contributed by atoms with Gasteiger partial charge in [-0.15, -0.1) is 0 Å². The lowest BCUT2D eigenvalue weighted by Gasteiger charge is -2.32. The number of hydrogen-bond donors (Lipinski definition) is 1. The molecule has 1 N–H and O–H groups in total. The van der Waals surface area contributed by atoms with E-state index in [-0.39, 0.29) is 12.2 Å². The normalized spacial score (nSPS) is 23.4. The van der Waals surface area contributed by atoms with Gasteiger partial charge in [0.2, 0.25) is 0 Å². The Morgan fingerprint density at radius 1 is 1.24 bits per heavy atom. The second-order valence-electron chi connectivity index (χ2n) is 6.79. The van der Waals surface area contributed by atoms with Gasteiger partial charge in [-0.05, 0) is 37.3 Å². The van der Waals surface area contributed by atoms with Gasteiger partial charge in [-0.2, -0.15) is 0 Å². The molecule has 0 bridgehead atoms. The molecule has 5 nitrogen and oxygen atoms in total. The quantitative estimate of drug-likeness (QED) is 0.806. The van der Waals surface area contributed by atoms with Crippen molar-refractivity contribution in [3.8, 4) is 0 Å². The van der Waals surface area contributed by atoms with E-state index in [1.54, 1.807) is 4.90 Å². The Kier molecular flexibility index (Phi) is 6.89. The third-order valence-electron chi connectivity index (χ3n) is 4.78. The minimum absolute atomic E-state index is 0.0390. The number of amides is 1. The van der Waals surface area contributed by atoms with Gasteiger partial charge >= 0.3 is 6.09 Å². The Hall–Kier alpha value is -1.85. The molecule has 1 heterocycles. The van der Waals surface area contributed by atoms with E-state index in [0.29, 0.717) is 26.3 Å². The maximum atomic E-state index is 12.3. The number of carbonyl (C=O) groups excluding carboxylic acids is 1. The lowest BCUT2D eigenvalue weighted by Crippen LogP contribution is -2.49. The lowest BCUT2D eigenvalue weighted by molar-refractivity contribution is -0.0272. The maximum absolute atomic E-state index is 12.3. The highest BCUT2D eigenvalue weighted by molar-refractivity contribution is 5.67. The fourth-order valence-electron chi connectivity index (χ4n) is 3.31. The second kappa shape index (κ2) is 9.59. The molecule has 1 saturated heterocycles. The molecular formula is C20H28N2O3. The number of hydrogen-bond acceptors (Lipinski definition) is 4. The monoisotopic (exact) mass is 344 g/mol. The molecule has 2 unspecified atom stereocenters. The molecule has 1 aromatic carbocycles. The van der Waals surface area contributed by atoms with E-state index in [2.05, 4.69) is 17.5 Å². The molecular weight excluding hydrogens is 316 g/mol. The lowest BCUT2D eigenvalue weighted by atomic mass is 9.94. The number of nitrogens with zero attached hydrogens (tertiary/aromatic N) is 1. The Labute approximate surface area is 150 Å². The first-order valence-corrected chi connectivity index (χ1v) is 9.24. The molecule has 136 valence electrons. The summed E-state index contributed by atoms with van der Waals surface area (Å²) in [4.78, 5) is 14.0. The molecule has 2 atom stereocenters. The number of rotatable bonds is 6. The van der Waals surface area contributed by atoms with Crippen molar-refractivity contribution < 1.29 is 14.3 Å². The average Bonchev–Trinajstić information content (AvgIpc) is 2.68. The number of carbonyl (C=O) groups is 1. The van der Waals surface area contributed by atoms with Crippen LogP contribution in [0.1, 0.15) is 24.8 Å². The second-order valence-corrected chi connectivity index (χ2v) is 6.79. The van der Waals surface area contributed by atoms with Crippen LogP contribution in [0.15, 0.2) is 42.5 Å². The van der Waals surface area contributed by atoms with Gasteiger partial charge in [-0.25, -0.2) is 4.79 Å². The van der Waals surface area contributed by atoms with Crippen LogP contribution in [-0.2, 0) is 16.1 Å². The first kappa shape index (κ1) is 18.0. The van der Waals surface area contributed by atoms with Crippen molar-refractivity contribution in [1.82, 2.24) is 10.2 Å². The summed E-state index contributed by atoms with van der Waals surface area (Å²) in [6.45, 7) is 3.86. The van der Waals surface area contributed by atoms with Crippen LogP contribution in [0.25, 0.3) is 0 Å². The predicted molar refractivity (Wildman–Crippen MR) is 97.3 cm³/mol. The smallest absolute Gasteiger partial charge is 0.410 e. The van der Waals surface area contributed by atoms with Gasteiger partial charge in [0.25, 0.3) is 0 Å². The molecule has 1 aromatic rings. The van der Waals surface area contributed by atoms with E-state index in [0.717, 1.165) is 31.0 Å². The highest BCUT2D eigenvalue weighted by atomic mass is 16.6. The molecule has 0 saturated carbocycles. The summed E-state index contributed by atoms with van der Waals surface area (Å²) in [5.74, 6) is 0.723. The molecule has 1 fully saturated rings. The fraction of sp³-hybridized carbons (Fsp3) is 0.550. The predicted octanol–water partition coefficient (Wildman–Crippen LogP) is 2.97. The maximum Gasteiger partial charge on any atom is 0.410 e. The average molecular weight is 344 g/mol. The topological polar surface area (TPSA) is 50.8 Å². The van der Waals surface area contributed by atoms with Crippen LogP contribution < -0.4 is 5.32 Å². The van der Waals surface area contributed by atoms with Gasteiger partial charge < -0.3 is 19.7 Å². The molecule has 5 heteroatoms. The van der Waals surface area contributed by atoms with Crippen LogP contribution in [0.5, 0.6) is 0 Å². The molecule has 2 aliphatic rings. The van der Waals surface area contributed by atoms with Crippen molar-refractivity contribution in [1.29, 1.82) is 0 Å². The van der Waals surface area contributed by atoms with Crippen LogP contribution in [0.4, 0.5) is 4.79 Å². The van der Waals surface area contributed by atoms with Gasteiger partial charge in [0, 0.05) is 13.1 Å². The van der Waals surface area contributed by atoms with E-state index in [4.69, 9.17) is 9.47 Å². The summed E-state index contributed by atoms with van der Waals surface area (Å²) >= 11 is 0. The molecule has 0 aromatic heterocycles. The minimum atomic E-state index is -0.255. The SMILES string of the molecule is O=C(OCc1ccccc1)N1CCOC(CNCC2CC=CCC2)C1. The van der Waals surface area contributed by atoms with E-state index in [9.17, 15) is 4.79 Å². The number of morpholine rings is 1. The molecule has 0 radical (unpaired) electrons. The molecule has 25 heavy (non-hydrogen) atoms. The standard InChI is InChI=1S/C20H28N2O3/c23-20(25-16-18-9-5-2-6-10-18)22-11-12-24-19(15-22)14-21-13-17-7-3-1-4-8-17/h1-3,5-6,9-10,17,19,21H,4,7-8,11-16H2. The molecule has 1 aliphatic heterocycles. The Balaban J connectivity index is 1.36. The fourth-order valence-corrected chi connectivity index (χ4v) is 3.31. The molecule has 0 spiro atoms. The third kappa shape index (κ3) is 5.87. The van der Waals surface area contributed by atoms with Crippen molar-refractivity contribution >= 4 is 6.09 Å². The Morgan fingerprint density at radius 2 is 2.12 bits per heavy atom. The molecule has 1 amide bonds. The zero-order chi connectivity index (χ0) is 17.3. The van der Waals surface area contributed by atoms with Gasteiger partial charge in [0.05, 0.1) is 19.3 Å². The van der Waals surface area contributed by atoms with E-state index in [1.165, 1.54) is 12.8 Å². The van der Waals surface area contributed by atoms with Crippen molar-refractivity contribution in [3.63, 3.8) is 0 Å². The van der Waals surface area contributed by atoms with Gasteiger partial charge in [-0.3, -0.25) is 0 Å². The summed E-state index contributed by atoms with van der Waals surface area (Å²) < 4.78 is 11.2. The summed E-state index contributed by atoms with van der Waals surface area (Å²) in [6.07, 6.45) is 7.93. The zero-order valence-corrected chi connectivity index (χ0v) is 14.7. The van der Waals surface area contributed by atoms with Crippen molar-refractivity contribution in [2.75, 3.05) is 32.8 Å².